The topological polar surface area (TPSA) is 60.2 Å². The Bertz CT molecular complexity index is 310. The van der Waals surface area contributed by atoms with Crippen LogP contribution in [-0.2, 0) is 4.74 Å². The highest BCUT2D eigenvalue weighted by atomic mass is 16.5. The minimum absolute atomic E-state index is 0.00139. The number of unbranched alkanes of at least 4 members (excludes halogenated alkanes) is 3. The Hall–Kier alpha value is -1.32. The molecule has 4 nitrogen and oxygen atoms in total. The van der Waals surface area contributed by atoms with E-state index in [9.17, 15) is 0 Å². The number of ether oxygens (including phenoxy) is 1. The average Bonchev–Trinajstić information content (AvgIpc) is 2.74. The molecule has 1 aliphatic rings. The van der Waals surface area contributed by atoms with Gasteiger partial charge in [0.25, 0.3) is 0 Å². The second-order valence-corrected chi connectivity index (χ2v) is 4.41. The quantitative estimate of drug-likeness (QED) is 0.406. The molecule has 0 radical (unpaired) electrons. The van der Waals surface area contributed by atoms with E-state index in [1.165, 1.54) is 12.8 Å². The normalized spacial score (nSPS) is 14.7. The van der Waals surface area contributed by atoms with Crippen molar-refractivity contribution in [2.45, 2.75) is 39.0 Å². The molecule has 0 bridgehead atoms. The highest BCUT2D eigenvalue weighted by molar-refractivity contribution is 6.42. The number of nitrogens with one attached hydrogen (secondary N) is 2. The molecule has 0 saturated heterocycles. The lowest BCUT2D eigenvalue weighted by Crippen LogP contribution is -2.26. The molecule has 1 heterocycles. The molecule has 0 spiro atoms. The van der Waals surface area contributed by atoms with Gasteiger partial charge in [-0.1, -0.05) is 32.3 Å². The molecule has 1 rings (SSSR count). The van der Waals surface area contributed by atoms with E-state index < -0.39 is 0 Å². The standard InChI is InChI=1S/C13H23N3O/c1-3-4-5-6-10-17-13(15)12(14)11-8-7-9-16(11)2/h8,14-15H,3-7,9-10H2,1-2H3. The monoisotopic (exact) mass is 237 g/mol. The van der Waals surface area contributed by atoms with Crippen LogP contribution in [0.3, 0.4) is 0 Å². The minimum atomic E-state index is 0.00139. The van der Waals surface area contributed by atoms with E-state index in [0.29, 0.717) is 6.61 Å². The van der Waals surface area contributed by atoms with Crippen LogP contribution in [0, 0.1) is 10.8 Å². The fourth-order valence-electron chi connectivity index (χ4n) is 1.86. The molecule has 0 aliphatic carbocycles. The second-order valence-electron chi connectivity index (χ2n) is 4.41. The van der Waals surface area contributed by atoms with Crippen molar-refractivity contribution in [3.63, 3.8) is 0 Å². The summed E-state index contributed by atoms with van der Waals surface area (Å²) < 4.78 is 5.30. The van der Waals surface area contributed by atoms with Crippen molar-refractivity contribution in [1.29, 1.82) is 10.8 Å². The molecule has 0 unspecified atom stereocenters. The van der Waals surface area contributed by atoms with Gasteiger partial charge in [0.05, 0.1) is 12.3 Å². The summed E-state index contributed by atoms with van der Waals surface area (Å²) in [6.45, 7) is 3.65. The Morgan fingerprint density at radius 3 is 2.71 bits per heavy atom. The van der Waals surface area contributed by atoms with Crippen molar-refractivity contribution in [2.24, 2.45) is 0 Å². The fraction of sp³-hybridized carbons (Fsp3) is 0.692. The van der Waals surface area contributed by atoms with Crippen molar-refractivity contribution < 1.29 is 4.74 Å². The van der Waals surface area contributed by atoms with Crippen molar-refractivity contribution >= 4 is 11.6 Å². The zero-order valence-electron chi connectivity index (χ0n) is 10.9. The summed E-state index contributed by atoms with van der Waals surface area (Å²) in [5.41, 5.74) is 1.03. The number of hydrogen-bond acceptors (Lipinski definition) is 4. The van der Waals surface area contributed by atoms with Crippen LogP contribution in [0.25, 0.3) is 0 Å². The summed E-state index contributed by atoms with van der Waals surface area (Å²) in [7, 11) is 1.95. The number of hydrogen-bond donors (Lipinski definition) is 2. The third-order valence-corrected chi connectivity index (χ3v) is 2.94. The fourth-order valence-corrected chi connectivity index (χ4v) is 1.86. The van der Waals surface area contributed by atoms with E-state index in [-0.39, 0.29) is 11.6 Å². The van der Waals surface area contributed by atoms with Crippen LogP contribution in [0.1, 0.15) is 39.0 Å². The van der Waals surface area contributed by atoms with Crippen LogP contribution in [0.5, 0.6) is 0 Å². The van der Waals surface area contributed by atoms with Crippen LogP contribution in [0.4, 0.5) is 0 Å². The van der Waals surface area contributed by atoms with Gasteiger partial charge in [0.15, 0.2) is 0 Å². The van der Waals surface area contributed by atoms with Gasteiger partial charge in [-0.25, -0.2) is 0 Å². The molecule has 17 heavy (non-hydrogen) atoms. The first-order valence-electron chi connectivity index (χ1n) is 6.38. The second kappa shape index (κ2) is 7.09. The predicted molar refractivity (Wildman–Crippen MR) is 70.9 cm³/mol. The SMILES string of the molecule is CCCCCCOC(=N)C(=N)C1=CCCN1C. The van der Waals surface area contributed by atoms with E-state index in [0.717, 1.165) is 31.5 Å². The lowest BCUT2D eigenvalue weighted by Gasteiger charge is -2.17. The summed E-state index contributed by atoms with van der Waals surface area (Å²) in [4.78, 5) is 2.00. The molecular formula is C13H23N3O. The van der Waals surface area contributed by atoms with E-state index in [4.69, 9.17) is 15.6 Å². The maximum Gasteiger partial charge on any atom is 0.233 e. The van der Waals surface area contributed by atoms with Crippen molar-refractivity contribution in [2.75, 3.05) is 20.2 Å². The molecule has 0 aromatic carbocycles. The predicted octanol–water partition coefficient (Wildman–Crippen LogP) is 2.80. The van der Waals surface area contributed by atoms with Crippen molar-refractivity contribution in [1.82, 2.24) is 4.90 Å². The van der Waals surface area contributed by atoms with E-state index in [1.807, 2.05) is 18.0 Å². The molecule has 0 amide bonds. The minimum Gasteiger partial charge on any atom is -0.476 e. The van der Waals surface area contributed by atoms with Crippen LogP contribution < -0.4 is 0 Å². The molecule has 2 N–H and O–H groups in total. The summed E-state index contributed by atoms with van der Waals surface area (Å²) in [6.07, 6.45) is 7.47. The van der Waals surface area contributed by atoms with Gasteiger partial charge in [-0.15, -0.1) is 0 Å². The van der Waals surface area contributed by atoms with Gasteiger partial charge in [0.2, 0.25) is 5.90 Å². The zero-order valence-corrected chi connectivity index (χ0v) is 10.9. The Balaban J connectivity index is 2.25. The van der Waals surface area contributed by atoms with Gasteiger partial charge in [0, 0.05) is 13.6 Å². The molecule has 0 fully saturated rings. The first-order chi connectivity index (χ1) is 8.16. The Labute approximate surface area is 104 Å². The molecule has 96 valence electrons. The highest BCUT2D eigenvalue weighted by Crippen LogP contribution is 2.14. The van der Waals surface area contributed by atoms with Crippen molar-refractivity contribution in [3.8, 4) is 0 Å². The first-order valence-corrected chi connectivity index (χ1v) is 6.38. The van der Waals surface area contributed by atoms with Crippen LogP contribution in [-0.4, -0.2) is 36.7 Å². The molecule has 0 saturated carbocycles. The molecule has 0 atom stereocenters. The molecular weight excluding hydrogens is 214 g/mol. The third-order valence-electron chi connectivity index (χ3n) is 2.94. The summed E-state index contributed by atoms with van der Waals surface area (Å²) in [5.74, 6) is 0.00139. The van der Waals surface area contributed by atoms with E-state index >= 15 is 0 Å². The summed E-state index contributed by atoms with van der Waals surface area (Å²) >= 11 is 0. The van der Waals surface area contributed by atoms with E-state index in [2.05, 4.69) is 6.92 Å². The Morgan fingerprint density at radius 1 is 1.35 bits per heavy atom. The molecule has 0 aromatic rings. The maximum atomic E-state index is 7.88. The number of nitrogens with zero attached hydrogens (tertiary/aromatic N) is 1. The molecule has 0 aromatic heterocycles. The van der Waals surface area contributed by atoms with E-state index in [1.54, 1.807) is 0 Å². The first kappa shape index (κ1) is 13.7. The Kier molecular flexibility index (Phi) is 5.73. The smallest absolute Gasteiger partial charge is 0.233 e. The lowest BCUT2D eigenvalue weighted by atomic mass is 10.2. The Morgan fingerprint density at radius 2 is 2.12 bits per heavy atom. The lowest BCUT2D eigenvalue weighted by molar-refractivity contribution is 0.295. The summed E-state index contributed by atoms with van der Waals surface area (Å²) in [6, 6.07) is 0. The molecule has 1 aliphatic heterocycles. The largest absolute Gasteiger partial charge is 0.476 e. The summed E-state index contributed by atoms with van der Waals surface area (Å²) in [5, 5.41) is 15.6. The van der Waals surface area contributed by atoms with Crippen molar-refractivity contribution in [3.05, 3.63) is 11.8 Å². The van der Waals surface area contributed by atoms with Crippen LogP contribution in [0.2, 0.25) is 0 Å². The highest BCUT2D eigenvalue weighted by Gasteiger charge is 2.19. The van der Waals surface area contributed by atoms with Gasteiger partial charge in [-0.2, -0.15) is 0 Å². The van der Waals surface area contributed by atoms with Gasteiger partial charge in [-0.05, 0) is 12.8 Å². The van der Waals surface area contributed by atoms with Gasteiger partial charge in [0.1, 0.15) is 5.71 Å². The van der Waals surface area contributed by atoms with Crippen LogP contribution >= 0.6 is 0 Å². The van der Waals surface area contributed by atoms with Gasteiger partial charge in [-0.3, -0.25) is 10.8 Å². The molecule has 4 heteroatoms. The average molecular weight is 237 g/mol. The van der Waals surface area contributed by atoms with Gasteiger partial charge >= 0.3 is 0 Å². The zero-order chi connectivity index (χ0) is 12.7. The van der Waals surface area contributed by atoms with Crippen LogP contribution in [0.15, 0.2) is 11.8 Å². The maximum absolute atomic E-state index is 7.88. The van der Waals surface area contributed by atoms with Gasteiger partial charge < -0.3 is 9.64 Å². The number of rotatable bonds is 7. The third kappa shape index (κ3) is 4.21.